The topological polar surface area (TPSA) is 102 Å². The van der Waals surface area contributed by atoms with Crippen LogP contribution in [0.1, 0.15) is 12.0 Å². The lowest BCUT2D eigenvalue weighted by molar-refractivity contribution is -0.144. The van der Waals surface area contributed by atoms with E-state index in [1.54, 1.807) is 18.2 Å². The van der Waals surface area contributed by atoms with E-state index in [4.69, 9.17) is 15.6 Å². The number of nitrogens with two attached hydrogens (primary N) is 1. The van der Waals surface area contributed by atoms with Crippen LogP contribution in [0.2, 0.25) is 0 Å². The van der Waals surface area contributed by atoms with E-state index in [-0.39, 0.29) is 12.5 Å². The lowest BCUT2D eigenvalue weighted by atomic mass is 10.0. The molecule has 1 aromatic carbocycles. The van der Waals surface area contributed by atoms with Crippen LogP contribution < -0.4 is 15.8 Å². The van der Waals surface area contributed by atoms with Crippen molar-refractivity contribution in [1.82, 2.24) is 0 Å². The minimum atomic E-state index is -1.09. The molecule has 1 atom stereocenters. The number of ether oxygens (including phenoxy) is 1. The number of carboxylic acids is 1. The van der Waals surface area contributed by atoms with Crippen molar-refractivity contribution >= 4 is 17.6 Å². The molecule has 1 aliphatic heterocycles. The monoisotopic (exact) mass is 250 g/mol. The standard InChI is InChI=1S/C12H14N2O4/c13-6-10(12(16)17)18-8-2-3-9-7(5-8)1-4-11(15)14-9/h2-3,5,10H,1,4,6,13H2,(H,14,15)(H,16,17). The molecule has 0 bridgehead atoms. The number of hydrogen-bond donors (Lipinski definition) is 3. The SMILES string of the molecule is NCC(Oc1ccc2c(c1)CCC(=O)N2)C(=O)O. The van der Waals surface area contributed by atoms with Crippen LogP contribution in [-0.2, 0) is 16.0 Å². The maximum atomic E-state index is 11.2. The summed E-state index contributed by atoms with van der Waals surface area (Å²) in [6.45, 7) is -0.0941. The predicted octanol–water partition coefficient (Wildman–Crippen LogP) is 0.362. The van der Waals surface area contributed by atoms with E-state index in [9.17, 15) is 9.59 Å². The van der Waals surface area contributed by atoms with Crippen molar-refractivity contribution < 1.29 is 19.4 Å². The highest BCUT2D eigenvalue weighted by Gasteiger charge is 2.19. The van der Waals surface area contributed by atoms with Gasteiger partial charge in [0.05, 0.1) is 0 Å². The highest BCUT2D eigenvalue weighted by Crippen LogP contribution is 2.27. The average Bonchev–Trinajstić information content (AvgIpc) is 2.35. The first-order chi connectivity index (χ1) is 8.60. The number of amides is 1. The second-order valence-corrected chi connectivity index (χ2v) is 4.05. The van der Waals surface area contributed by atoms with Crippen LogP contribution in [-0.4, -0.2) is 29.6 Å². The maximum Gasteiger partial charge on any atom is 0.346 e. The highest BCUT2D eigenvalue weighted by atomic mass is 16.5. The fourth-order valence-electron chi connectivity index (χ4n) is 1.80. The molecule has 1 unspecified atom stereocenters. The molecule has 1 heterocycles. The van der Waals surface area contributed by atoms with Crippen LogP contribution in [0.15, 0.2) is 18.2 Å². The molecule has 0 radical (unpaired) electrons. The van der Waals surface area contributed by atoms with Crippen LogP contribution in [0, 0.1) is 0 Å². The molecule has 0 aromatic heterocycles. The zero-order valence-corrected chi connectivity index (χ0v) is 9.68. The summed E-state index contributed by atoms with van der Waals surface area (Å²) >= 11 is 0. The third kappa shape index (κ3) is 2.60. The van der Waals surface area contributed by atoms with Gasteiger partial charge in [-0.25, -0.2) is 4.79 Å². The van der Waals surface area contributed by atoms with Crippen molar-refractivity contribution in [3.05, 3.63) is 23.8 Å². The van der Waals surface area contributed by atoms with Gasteiger partial charge in [0.15, 0.2) is 0 Å². The molecular formula is C12H14N2O4. The van der Waals surface area contributed by atoms with Crippen molar-refractivity contribution in [2.75, 3.05) is 11.9 Å². The van der Waals surface area contributed by atoms with Gasteiger partial charge >= 0.3 is 5.97 Å². The number of carbonyl (C=O) groups excluding carboxylic acids is 1. The van der Waals surface area contributed by atoms with Crippen molar-refractivity contribution in [3.63, 3.8) is 0 Å². The molecule has 1 amide bonds. The van der Waals surface area contributed by atoms with Crippen LogP contribution in [0.5, 0.6) is 5.75 Å². The lowest BCUT2D eigenvalue weighted by Crippen LogP contribution is -2.34. The van der Waals surface area contributed by atoms with Crippen LogP contribution in [0.25, 0.3) is 0 Å². The van der Waals surface area contributed by atoms with Gasteiger partial charge in [-0.15, -0.1) is 0 Å². The number of aliphatic carboxylic acids is 1. The van der Waals surface area contributed by atoms with E-state index in [0.717, 1.165) is 11.3 Å². The summed E-state index contributed by atoms with van der Waals surface area (Å²) in [5, 5.41) is 11.6. The van der Waals surface area contributed by atoms with E-state index in [2.05, 4.69) is 5.32 Å². The molecule has 0 saturated heterocycles. The minimum absolute atomic E-state index is 0.0125. The molecule has 1 aromatic rings. The van der Waals surface area contributed by atoms with E-state index < -0.39 is 12.1 Å². The first-order valence-electron chi connectivity index (χ1n) is 5.62. The van der Waals surface area contributed by atoms with E-state index in [0.29, 0.717) is 18.6 Å². The number of fused-ring (bicyclic) bond motifs is 1. The zero-order valence-electron chi connectivity index (χ0n) is 9.68. The number of anilines is 1. The maximum absolute atomic E-state index is 11.2. The van der Waals surface area contributed by atoms with Gasteiger partial charge in [-0.05, 0) is 30.2 Å². The fraction of sp³-hybridized carbons (Fsp3) is 0.333. The third-order valence-electron chi connectivity index (χ3n) is 2.74. The first kappa shape index (κ1) is 12.4. The number of aryl methyl sites for hydroxylation is 1. The smallest absolute Gasteiger partial charge is 0.346 e. The molecule has 4 N–H and O–H groups in total. The van der Waals surface area contributed by atoms with Gasteiger partial charge < -0.3 is 20.9 Å². The molecule has 0 saturated carbocycles. The van der Waals surface area contributed by atoms with Gasteiger partial charge in [-0.2, -0.15) is 0 Å². The summed E-state index contributed by atoms with van der Waals surface area (Å²) < 4.78 is 5.28. The van der Waals surface area contributed by atoms with Gasteiger partial charge in [-0.1, -0.05) is 0 Å². The van der Waals surface area contributed by atoms with Crippen molar-refractivity contribution in [3.8, 4) is 5.75 Å². The number of nitrogens with one attached hydrogen (secondary N) is 1. The molecule has 96 valence electrons. The van der Waals surface area contributed by atoms with Crippen molar-refractivity contribution in [2.24, 2.45) is 5.73 Å². The Labute approximate surface area is 104 Å². The Balaban J connectivity index is 2.16. The Bertz CT molecular complexity index is 487. The van der Waals surface area contributed by atoms with Gasteiger partial charge in [-0.3, -0.25) is 4.79 Å². The van der Waals surface area contributed by atoms with Crippen molar-refractivity contribution in [1.29, 1.82) is 0 Å². The molecule has 1 aliphatic rings. The fourth-order valence-corrected chi connectivity index (χ4v) is 1.80. The Kier molecular flexibility index (Phi) is 3.47. The van der Waals surface area contributed by atoms with Gasteiger partial charge in [0.1, 0.15) is 5.75 Å². The molecular weight excluding hydrogens is 236 g/mol. The second kappa shape index (κ2) is 5.05. The quantitative estimate of drug-likeness (QED) is 0.716. The molecule has 0 fully saturated rings. The number of benzene rings is 1. The number of hydrogen-bond acceptors (Lipinski definition) is 4. The summed E-state index contributed by atoms with van der Waals surface area (Å²) in [5.41, 5.74) is 7.00. The number of carboxylic acid groups (broad SMARTS) is 1. The Morgan fingerprint density at radius 3 is 2.94 bits per heavy atom. The number of carbonyl (C=O) groups is 2. The molecule has 6 heteroatoms. The van der Waals surface area contributed by atoms with Gasteiger partial charge in [0.2, 0.25) is 12.0 Å². The Morgan fingerprint density at radius 1 is 1.50 bits per heavy atom. The van der Waals surface area contributed by atoms with Crippen LogP contribution in [0.3, 0.4) is 0 Å². The zero-order chi connectivity index (χ0) is 13.1. The van der Waals surface area contributed by atoms with E-state index >= 15 is 0 Å². The first-order valence-corrected chi connectivity index (χ1v) is 5.62. The van der Waals surface area contributed by atoms with E-state index in [1.807, 2.05) is 0 Å². The minimum Gasteiger partial charge on any atom is -0.478 e. The summed E-state index contributed by atoms with van der Waals surface area (Å²) in [5.74, 6) is -0.659. The molecule has 0 aliphatic carbocycles. The van der Waals surface area contributed by atoms with Crippen LogP contribution >= 0.6 is 0 Å². The predicted molar refractivity (Wildman–Crippen MR) is 64.5 cm³/mol. The van der Waals surface area contributed by atoms with Gasteiger partial charge in [0.25, 0.3) is 0 Å². The number of rotatable bonds is 4. The second-order valence-electron chi connectivity index (χ2n) is 4.05. The Hall–Kier alpha value is -2.08. The van der Waals surface area contributed by atoms with Crippen molar-refractivity contribution in [2.45, 2.75) is 18.9 Å². The largest absolute Gasteiger partial charge is 0.478 e. The lowest BCUT2D eigenvalue weighted by Gasteiger charge is -2.19. The average molecular weight is 250 g/mol. The molecule has 2 rings (SSSR count). The van der Waals surface area contributed by atoms with Crippen LogP contribution in [0.4, 0.5) is 5.69 Å². The summed E-state index contributed by atoms with van der Waals surface area (Å²) in [4.78, 5) is 22.0. The van der Waals surface area contributed by atoms with Gasteiger partial charge in [0, 0.05) is 18.7 Å². The molecule has 6 nitrogen and oxygen atoms in total. The summed E-state index contributed by atoms with van der Waals surface area (Å²) in [7, 11) is 0. The summed E-state index contributed by atoms with van der Waals surface area (Å²) in [6.07, 6.45) is -0.00438. The highest BCUT2D eigenvalue weighted by molar-refractivity contribution is 5.94. The molecule has 0 spiro atoms. The normalized spacial score (nSPS) is 15.5. The van der Waals surface area contributed by atoms with E-state index in [1.165, 1.54) is 0 Å². The Morgan fingerprint density at radius 2 is 2.28 bits per heavy atom. The summed E-state index contributed by atoms with van der Waals surface area (Å²) in [6, 6.07) is 5.06. The molecule has 18 heavy (non-hydrogen) atoms. The third-order valence-corrected chi connectivity index (χ3v) is 2.74.